The Kier molecular flexibility index (Phi) is 5.28. The van der Waals surface area contributed by atoms with Gasteiger partial charge in [-0.2, -0.15) is 5.10 Å². The molecular weight excluding hydrogens is 350 g/mol. The van der Waals surface area contributed by atoms with Crippen LogP contribution in [0.5, 0.6) is 11.5 Å². The summed E-state index contributed by atoms with van der Waals surface area (Å²) in [5.41, 5.74) is 4.82. The number of carbonyl (C=O) groups excluding carboxylic acids is 1. The molecule has 0 saturated heterocycles. The number of rotatable bonds is 5. The molecule has 0 fully saturated rings. The molecule has 0 aliphatic rings. The standard InChI is InChI=1S/C19H17N3O3S/c1-12-17(26-19(21-12)14-6-4-3-5-7-14)18(24)22-20-11-13-8-9-15(23)16(10-13)25-2/h3-11,23H,1-2H3,(H,22,24)/b20-11+. The lowest BCUT2D eigenvalue weighted by Crippen LogP contribution is -2.17. The average molecular weight is 367 g/mol. The number of phenols is 1. The highest BCUT2D eigenvalue weighted by molar-refractivity contribution is 7.17. The topological polar surface area (TPSA) is 83.8 Å². The Bertz CT molecular complexity index is 952. The fraction of sp³-hybridized carbons (Fsp3) is 0.105. The SMILES string of the molecule is COc1cc(/C=N/NC(=O)c2sc(-c3ccccc3)nc2C)ccc1O. The third-order valence-corrected chi connectivity index (χ3v) is 4.81. The van der Waals surface area contributed by atoms with Crippen LogP contribution in [0, 0.1) is 6.92 Å². The van der Waals surface area contributed by atoms with E-state index < -0.39 is 0 Å². The van der Waals surface area contributed by atoms with E-state index in [0.29, 0.717) is 21.9 Å². The first-order valence-corrected chi connectivity index (χ1v) is 8.63. The number of nitrogens with zero attached hydrogens (tertiary/aromatic N) is 2. The van der Waals surface area contributed by atoms with Crippen molar-refractivity contribution in [1.29, 1.82) is 0 Å². The monoisotopic (exact) mass is 367 g/mol. The molecule has 2 aromatic carbocycles. The quantitative estimate of drug-likeness (QED) is 0.533. The normalized spacial score (nSPS) is 10.8. The highest BCUT2D eigenvalue weighted by Crippen LogP contribution is 2.28. The number of nitrogens with one attached hydrogen (secondary N) is 1. The van der Waals surface area contributed by atoms with Crippen LogP contribution in [0.4, 0.5) is 0 Å². The van der Waals surface area contributed by atoms with Crippen LogP contribution in [0.3, 0.4) is 0 Å². The van der Waals surface area contributed by atoms with Crippen molar-refractivity contribution in [2.75, 3.05) is 7.11 Å². The molecule has 0 radical (unpaired) electrons. The van der Waals surface area contributed by atoms with Gasteiger partial charge in [0.2, 0.25) is 0 Å². The van der Waals surface area contributed by atoms with E-state index in [1.807, 2.05) is 30.3 Å². The molecule has 1 amide bonds. The van der Waals surface area contributed by atoms with Crippen LogP contribution < -0.4 is 10.2 Å². The van der Waals surface area contributed by atoms with Crippen molar-refractivity contribution in [1.82, 2.24) is 10.4 Å². The minimum atomic E-state index is -0.316. The third kappa shape index (κ3) is 3.89. The van der Waals surface area contributed by atoms with Crippen LogP contribution in [0.25, 0.3) is 10.6 Å². The number of ether oxygens (including phenoxy) is 1. The van der Waals surface area contributed by atoms with E-state index >= 15 is 0 Å². The van der Waals surface area contributed by atoms with Crippen LogP contribution in [-0.2, 0) is 0 Å². The molecule has 6 nitrogen and oxygen atoms in total. The number of aromatic nitrogens is 1. The number of aryl methyl sites for hydroxylation is 1. The Morgan fingerprint density at radius 2 is 2.04 bits per heavy atom. The molecule has 1 heterocycles. The van der Waals surface area contributed by atoms with Gasteiger partial charge in [0, 0.05) is 5.56 Å². The second-order valence-electron chi connectivity index (χ2n) is 5.43. The van der Waals surface area contributed by atoms with E-state index in [-0.39, 0.29) is 11.7 Å². The number of carbonyl (C=O) groups is 1. The summed E-state index contributed by atoms with van der Waals surface area (Å²) in [7, 11) is 1.47. The molecule has 3 aromatic rings. The first kappa shape index (κ1) is 17.6. The molecule has 0 unspecified atom stereocenters. The van der Waals surface area contributed by atoms with E-state index in [0.717, 1.165) is 10.6 Å². The number of thiazole rings is 1. The summed E-state index contributed by atoms with van der Waals surface area (Å²) in [4.78, 5) is 17.3. The number of hydrogen-bond donors (Lipinski definition) is 2. The van der Waals surface area contributed by atoms with Gasteiger partial charge in [0.05, 0.1) is 19.0 Å². The number of hydrogen-bond acceptors (Lipinski definition) is 6. The predicted molar refractivity (Wildman–Crippen MR) is 102 cm³/mol. The van der Waals surface area contributed by atoms with Gasteiger partial charge in [-0.25, -0.2) is 10.4 Å². The van der Waals surface area contributed by atoms with Crippen molar-refractivity contribution in [2.24, 2.45) is 5.10 Å². The molecule has 0 atom stereocenters. The Hall–Kier alpha value is -3.19. The molecule has 3 rings (SSSR count). The number of aromatic hydroxyl groups is 1. The molecule has 0 aliphatic carbocycles. The largest absolute Gasteiger partial charge is 0.504 e. The van der Waals surface area contributed by atoms with Gasteiger partial charge < -0.3 is 9.84 Å². The summed E-state index contributed by atoms with van der Waals surface area (Å²) >= 11 is 1.32. The van der Waals surface area contributed by atoms with Gasteiger partial charge in [0.15, 0.2) is 11.5 Å². The van der Waals surface area contributed by atoms with E-state index in [2.05, 4.69) is 15.5 Å². The average Bonchev–Trinajstić information content (AvgIpc) is 3.05. The summed E-state index contributed by atoms with van der Waals surface area (Å²) in [5, 5.41) is 14.3. The van der Waals surface area contributed by atoms with Gasteiger partial charge in [0.25, 0.3) is 5.91 Å². The van der Waals surface area contributed by atoms with Crippen molar-refractivity contribution < 1.29 is 14.6 Å². The van der Waals surface area contributed by atoms with E-state index in [1.165, 1.54) is 30.7 Å². The number of amides is 1. The van der Waals surface area contributed by atoms with E-state index in [1.54, 1.807) is 19.1 Å². The predicted octanol–water partition coefficient (Wildman–Crippen LogP) is 3.60. The maximum Gasteiger partial charge on any atom is 0.283 e. The lowest BCUT2D eigenvalue weighted by Gasteiger charge is -2.03. The van der Waals surface area contributed by atoms with Gasteiger partial charge in [-0.05, 0) is 30.7 Å². The van der Waals surface area contributed by atoms with Gasteiger partial charge in [-0.1, -0.05) is 30.3 Å². The lowest BCUT2D eigenvalue weighted by molar-refractivity contribution is 0.0958. The maximum absolute atomic E-state index is 12.4. The summed E-state index contributed by atoms with van der Waals surface area (Å²) in [6, 6.07) is 14.5. The molecule has 0 saturated carbocycles. The van der Waals surface area contributed by atoms with Crippen LogP contribution in [0.2, 0.25) is 0 Å². The molecule has 7 heteroatoms. The molecule has 0 bridgehead atoms. The second-order valence-corrected chi connectivity index (χ2v) is 6.43. The fourth-order valence-electron chi connectivity index (χ4n) is 2.30. The molecule has 1 aromatic heterocycles. The van der Waals surface area contributed by atoms with Crippen LogP contribution in [0.1, 0.15) is 20.9 Å². The van der Waals surface area contributed by atoms with Gasteiger partial charge in [-0.15, -0.1) is 11.3 Å². The number of benzene rings is 2. The molecule has 26 heavy (non-hydrogen) atoms. The fourth-order valence-corrected chi connectivity index (χ4v) is 3.26. The van der Waals surface area contributed by atoms with Crippen molar-refractivity contribution >= 4 is 23.5 Å². The zero-order valence-corrected chi connectivity index (χ0v) is 15.1. The van der Waals surface area contributed by atoms with Crippen molar-refractivity contribution in [2.45, 2.75) is 6.92 Å². The highest BCUT2D eigenvalue weighted by Gasteiger charge is 2.15. The summed E-state index contributed by atoms with van der Waals surface area (Å²) in [5.74, 6) is 0.0673. The number of hydrazone groups is 1. The zero-order valence-electron chi connectivity index (χ0n) is 14.3. The first-order valence-electron chi connectivity index (χ1n) is 7.81. The highest BCUT2D eigenvalue weighted by atomic mass is 32.1. The van der Waals surface area contributed by atoms with Crippen LogP contribution >= 0.6 is 11.3 Å². The second kappa shape index (κ2) is 7.79. The van der Waals surface area contributed by atoms with Gasteiger partial charge in [-0.3, -0.25) is 4.79 Å². The maximum atomic E-state index is 12.4. The van der Waals surface area contributed by atoms with Gasteiger partial charge >= 0.3 is 0 Å². The number of phenolic OH excluding ortho intramolecular Hbond substituents is 1. The van der Waals surface area contributed by atoms with E-state index in [9.17, 15) is 9.90 Å². The van der Waals surface area contributed by atoms with Crippen molar-refractivity contribution in [3.8, 4) is 22.1 Å². The summed E-state index contributed by atoms with van der Waals surface area (Å²) in [6.45, 7) is 1.80. The molecule has 132 valence electrons. The van der Waals surface area contributed by atoms with Crippen LogP contribution in [-0.4, -0.2) is 29.3 Å². The number of methoxy groups -OCH3 is 1. The Morgan fingerprint density at radius 1 is 1.27 bits per heavy atom. The Balaban J connectivity index is 1.72. The van der Waals surface area contributed by atoms with Crippen molar-refractivity contribution in [3.05, 3.63) is 64.7 Å². The lowest BCUT2D eigenvalue weighted by atomic mass is 10.2. The Morgan fingerprint density at radius 3 is 2.77 bits per heavy atom. The minimum Gasteiger partial charge on any atom is -0.504 e. The molecule has 2 N–H and O–H groups in total. The van der Waals surface area contributed by atoms with Crippen molar-refractivity contribution in [3.63, 3.8) is 0 Å². The van der Waals surface area contributed by atoms with Crippen LogP contribution in [0.15, 0.2) is 53.6 Å². The minimum absolute atomic E-state index is 0.0439. The third-order valence-electron chi connectivity index (χ3n) is 3.61. The first-order chi connectivity index (χ1) is 12.6. The smallest absolute Gasteiger partial charge is 0.283 e. The summed E-state index contributed by atoms with van der Waals surface area (Å²) < 4.78 is 5.04. The Labute approximate surface area is 154 Å². The molecular formula is C19H17N3O3S. The van der Waals surface area contributed by atoms with E-state index in [4.69, 9.17) is 4.74 Å². The summed E-state index contributed by atoms with van der Waals surface area (Å²) in [6.07, 6.45) is 1.48. The zero-order chi connectivity index (χ0) is 18.5. The van der Waals surface area contributed by atoms with Gasteiger partial charge in [0.1, 0.15) is 9.88 Å². The molecule has 0 aliphatic heterocycles. The molecule has 0 spiro atoms.